The summed E-state index contributed by atoms with van der Waals surface area (Å²) in [6.45, 7) is 2.14. The number of anilines is 2. The normalized spacial score (nSPS) is 13.8. The number of nitrogen functional groups attached to an aromatic ring is 1. The average Bonchev–Trinajstić information content (AvgIpc) is 3.60. The second-order valence-corrected chi connectivity index (χ2v) is 11.0. The minimum absolute atomic E-state index is 0.501. The number of fused-ring (bicyclic) bond motifs is 2. The van der Waals surface area contributed by atoms with Crippen LogP contribution < -0.4 is 16.4 Å². The molecule has 1 saturated heterocycles. The van der Waals surface area contributed by atoms with Crippen LogP contribution in [-0.2, 0) is 0 Å². The highest BCUT2D eigenvalue weighted by atomic mass is 35.5. The number of aromatic amines is 2. The van der Waals surface area contributed by atoms with Gasteiger partial charge in [0.05, 0.1) is 22.4 Å². The van der Waals surface area contributed by atoms with E-state index in [0.717, 1.165) is 75.4 Å². The number of aromatic nitrogens is 2. The molecule has 1 aliphatic heterocycles. The molecule has 2 aromatic heterocycles. The van der Waals surface area contributed by atoms with E-state index in [2.05, 4.69) is 69.1 Å². The maximum absolute atomic E-state index is 6.33. The lowest BCUT2D eigenvalue weighted by molar-refractivity contribution is 0.479. The van der Waals surface area contributed by atoms with Gasteiger partial charge in [-0.2, -0.15) is 0 Å². The van der Waals surface area contributed by atoms with E-state index < -0.39 is 0 Å². The van der Waals surface area contributed by atoms with Crippen molar-refractivity contribution in [2.24, 2.45) is 0 Å². The first-order valence-electron chi connectivity index (χ1n) is 13.5. The molecule has 7 heteroatoms. The largest absolute Gasteiger partial charge is 0.397 e. The molecule has 202 valence electrons. The molecule has 1 aliphatic rings. The van der Waals surface area contributed by atoms with Crippen LogP contribution in [0.1, 0.15) is 12.8 Å². The molecule has 6 N–H and O–H groups in total. The predicted octanol–water partition coefficient (Wildman–Crippen LogP) is 8.72. The number of rotatable bonds is 4. The molecule has 7 rings (SSSR count). The maximum Gasteiger partial charge on any atom is 0.0695 e. The van der Waals surface area contributed by atoms with E-state index in [1.54, 1.807) is 6.07 Å². The van der Waals surface area contributed by atoms with Gasteiger partial charge in [0.2, 0.25) is 0 Å². The molecule has 6 aromatic rings. The van der Waals surface area contributed by atoms with Crippen LogP contribution in [0.25, 0.3) is 44.3 Å². The Kier molecular flexibility index (Phi) is 7.69. The standard InChI is InChI=1S/C19H20ClN3.C14H11ClN2/c20-15-10-14-11-17(13-4-2-1-3-5-13)23-19(14)18(12-15)22-16-6-8-21-9-7-16;15-11-6-10-7-13(9-4-2-1-3-5-9)17-14(10)12(16)8-11/h1-5,10-12,16,21-23H,6-9H2;1-8,17H,16H2. The summed E-state index contributed by atoms with van der Waals surface area (Å²) in [5.41, 5.74) is 14.3. The minimum atomic E-state index is 0.501. The van der Waals surface area contributed by atoms with Crippen molar-refractivity contribution in [2.45, 2.75) is 18.9 Å². The van der Waals surface area contributed by atoms with Gasteiger partial charge in [0.25, 0.3) is 0 Å². The van der Waals surface area contributed by atoms with Gasteiger partial charge in [-0.05, 0) is 73.5 Å². The van der Waals surface area contributed by atoms with Gasteiger partial charge in [-0.3, -0.25) is 0 Å². The SMILES string of the molecule is Clc1cc(NC2CCNCC2)c2[nH]c(-c3ccccc3)cc2c1.Nc1cc(Cl)cc2cc(-c3ccccc3)[nH]c12. The summed E-state index contributed by atoms with van der Waals surface area (Å²) in [4.78, 5) is 6.88. The molecular formula is C33H31Cl2N5. The lowest BCUT2D eigenvalue weighted by atomic mass is 10.1. The van der Waals surface area contributed by atoms with E-state index in [4.69, 9.17) is 28.9 Å². The third-order valence-electron chi connectivity index (χ3n) is 7.29. The van der Waals surface area contributed by atoms with Crippen molar-refractivity contribution in [1.29, 1.82) is 0 Å². The van der Waals surface area contributed by atoms with Crippen molar-refractivity contribution >= 4 is 56.4 Å². The third kappa shape index (κ3) is 5.82. The first-order valence-corrected chi connectivity index (χ1v) is 14.3. The Labute approximate surface area is 243 Å². The van der Waals surface area contributed by atoms with Crippen LogP contribution in [0.3, 0.4) is 0 Å². The van der Waals surface area contributed by atoms with Gasteiger partial charge in [0.1, 0.15) is 0 Å². The zero-order chi connectivity index (χ0) is 27.5. The van der Waals surface area contributed by atoms with Crippen LogP contribution in [0.5, 0.6) is 0 Å². The molecule has 0 radical (unpaired) electrons. The van der Waals surface area contributed by atoms with Crippen molar-refractivity contribution < 1.29 is 0 Å². The summed E-state index contributed by atoms with van der Waals surface area (Å²) in [6, 6.07) is 33.0. The summed E-state index contributed by atoms with van der Waals surface area (Å²) in [7, 11) is 0. The van der Waals surface area contributed by atoms with E-state index in [1.807, 2.05) is 42.5 Å². The monoisotopic (exact) mass is 567 g/mol. The number of benzene rings is 4. The van der Waals surface area contributed by atoms with Crippen LogP contribution >= 0.6 is 23.2 Å². The van der Waals surface area contributed by atoms with Crippen molar-refractivity contribution in [2.75, 3.05) is 24.1 Å². The Morgan fingerprint density at radius 3 is 1.77 bits per heavy atom. The zero-order valence-corrected chi connectivity index (χ0v) is 23.5. The fourth-order valence-electron chi connectivity index (χ4n) is 5.29. The average molecular weight is 569 g/mol. The first-order chi connectivity index (χ1) is 19.5. The highest BCUT2D eigenvalue weighted by Gasteiger charge is 2.15. The van der Waals surface area contributed by atoms with Gasteiger partial charge in [0, 0.05) is 38.2 Å². The van der Waals surface area contributed by atoms with E-state index in [9.17, 15) is 0 Å². The molecule has 0 spiro atoms. The summed E-state index contributed by atoms with van der Waals surface area (Å²) >= 11 is 12.3. The quantitative estimate of drug-likeness (QED) is 0.138. The Bertz CT molecular complexity index is 1740. The lowest BCUT2D eigenvalue weighted by Crippen LogP contribution is -2.35. The Hall–Kier alpha value is -3.90. The van der Waals surface area contributed by atoms with Gasteiger partial charge in [-0.15, -0.1) is 0 Å². The smallest absolute Gasteiger partial charge is 0.0695 e. The molecule has 0 saturated carbocycles. The van der Waals surface area contributed by atoms with E-state index >= 15 is 0 Å². The highest BCUT2D eigenvalue weighted by Crippen LogP contribution is 2.33. The molecule has 0 unspecified atom stereocenters. The second-order valence-electron chi connectivity index (χ2n) is 10.1. The van der Waals surface area contributed by atoms with Crippen LogP contribution in [-0.4, -0.2) is 29.1 Å². The molecule has 3 heterocycles. The Balaban J connectivity index is 0.000000151. The molecule has 0 amide bonds. The van der Waals surface area contributed by atoms with Crippen molar-refractivity contribution in [1.82, 2.24) is 15.3 Å². The number of halogens is 2. The molecular weight excluding hydrogens is 537 g/mol. The number of nitrogens with two attached hydrogens (primary N) is 1. The summed E-state index contributed by atoms with van der Waals surface area (Å²) < 4.78 is 0. The highest BCUT2D eigenvalue weighted by molar-refractivity contribution is 6.32. The summed E-state index contributed by atoms with van der Waals surface area (Å²) in [5.74, 6) is 0. The van der Waals surface area contributed by atoms with Crippen LogP contribution in [0.15, 0.2) is 97.1 Å². The number of nitrogens with one attached hydrogen (secondary N) is 4. The Morgan fingerprint density at radius 1 is 0.650 bits per heavy atom. The van der Waals surface area contributed by atoms with Crippen LogP contribution in [0.4, 0.5) is 11.4 Å². The van der Waals surface area contributed by atoms with Gasteiger partial charge in [-0.25, -0.2) is 0 Å². The molecule has 0 atom stereocenters. The molecule has 40 heavy (non-hydrogen) atoms. The minimum Gasteiger partial charge on any atom is -0.397 e. The van der Waals surface area contributed by atoms with Gasteiger partial charge in [0.15, 0.2) is 0 Å². The number of piperidine rings is 1. The van der Waals surface area contributed by atoms with Gasteiger partial charge >= 0.3 is 0 Å². The summed E-state index contributed by atoms with van der Waals surface area (Å²) in [5, 5.41) is 10.7. The van der Waals surface area contributed by atoms with E-state index in [-0.39, 0.29) is 0 Å². The maximum atomic E-state index is 6.33. The van der Waals surface area contributed by atoms with E-state index in [0.29, 0.717) is 16.8 Å². The molecule has 5 nitrogen and oxygen atoms in total. The van der Waals surface area contributed by atoms with E-state index in [1.165, 1.54) is 5.56 Å². The van der Waals surface area contributed by atoms with Crippen molar-refractivity contribution in [3.05, 3.63) is 107 Å². The number of H-pyrrole nitrogens is 2. The van der Waals surface area contributed by atoms with Crippen molar-refractivity contribution in [3.63, 3.8) is 0 Å². The predicted molar refractivity (Wildman–Crippen MR) is 171 cm³/mol. The Morgan fingerprint density at radius 2 is 1.18 bits per heavy atom. The van der Waals surface area contributed by atoms with Crippen molar-refractivity contribution in [3.8, 4) is 22.5 Å². The number of hydrogen-bond acceptors (Lipinski definition) is 3. The zero-order valence-electron chi connectivity index (χ0n) is 22.0. The van der Waals surface area contributed by atoms with Gasteiger partial charge in [-0.1, -0.05) is 83.9 Å². The first kappa shape index (κ1) is 26.3. The van der Waals surface area contributed by atoms with Crippen LogP contribution in [0, 0.1) is 0 Å². The second kappa shape index (κ2) is 11.7. The fourth-order valence-corrected chi connectivity index (χ4v) is 5.75. The summed E-state index contributed by atoms with van der Waals surface area (Å²) in [6.07, 6.45) is 2.28. The molecule has 0 aliphatic carbocycles. The number of hydrogen-bond donors (Lipinski definition) is 5. The topological polar surface area (TPSA) is 81.7 Å². The fraction of sp³-hybridized carbons (Fsp3) is 0.152. The van der Waals surface area contributed by atoms with Crippen LogP contribution in [0.2, 0.25) is 10.0 Å². The lowest BCUT2D eigenvalue weighted by Gasteiger charge is -2.25. The molecule has 1 fully saturated rings. The van der Waals surface area contributed by atoms with Gasteiger partial charge < -0.3 is 26.3 Å². The molecule has 0 bridgehead atoms. The third-order valence-corrected chi connectivity index (χ3v) is 7.72. The molecule has 4 aromatic carbocycles.